The van der Waals surface area contributed by atoms with E-state index in [0.29, 0.717) is 25.7 Å². The van der Waals surface area contributed by atoms with Crippen LogP contribution in [0, 0.1) is 5.92 Å². The molecule has 0 aliphatic heterocycles. The van der Waals surface area contributed by atoms with Gasteiger partial charge < -0.3 is 15.5 Å². The van der Waals surface area contributed by atoms with E-state index in [1.807, 2.05) is 0 Å². The zero-order chi connectivity index (χ0) is 14.7. The molecular formula is C14H16ClNO4. The first-order valence-electron chi connectivity index (χ1n) is 6.49. The minimum absolute atomic E-state index is 0.0193. The zero-order valence-electron chi connectivity index (χ0n) is 10.8. The summed E-state index contributed by atoms with van der Waals surface area (Å²) in [7, 11) is 0. The Hall–Kier alpha value is -1.75. The van der Waals surface area contributed by atoms with Gasteiger partial charge in [0.1, 0.15) is 5.75 Å². The topological polar surface area (TPSA) is 86.6 Å². The third-order valence-electron chi connectivity index (χ3n) is 3.61. The number of amides is 1. The van der Waals surface area contributed by atoms with E-state index in [2.05, 4.69) is 5.32 Å². The van der Waals surface area contributed by atoms with Crippen LogP contribution in [-0.4, -0.2) is 28.1 Å². The van der Waals surface area contributed by atoms with Gasteiger partial charge in [-0.3, -0.25) is 9.59 Å². The molecule has 1 aliphatic rings. The molecule has 0 heterocycles. The van der Waals surface area contributed by atoms with Crippen molar-refractivity contribution >= 4 is 23.5 Å². The van der Waals surface area contributed by atoms with E-state index in [9.17, 15) is 14.7 Å². The lowest BCUT2D eigenvalue weighted by Crippen LogP contribution is -2.38. The molecule has 1 aromatic rings. The Morgan fingerprint density at radius 2 is 1.85 bits per heavy atom. The van der Waals surface area contributed by atoms with Crippen LogP contribution < -0.4 is 5.32 Å². The standard InChI is InChI=1S/C14H16ClNO4/c15-12-6-5-10(17)7-11(12)13(18)16-9-3-1-8(2-4-9)14(19)20/h5-9,17H,1-4H2,(H,16,18)(H,19,20). The van der Waals surface area contributed by atoms with E-state index in [4.69, 9.17) is 16.7 Å². The van der Waals surface area contributed by atoms with Gasteiger partial charge in [0.05, 0.1) is 16.5 Å². The summed E-state index contributed by atoms with van der Waals surface area (Å²) in [6.07, 6.45) is 2.40. The van der Waals surface area contributed by atoms with Gasteiger partial charge in [-0.05, 0) is 43.9 Å². The van der Waals surface area contributed by atoms with Crippen LogP contribution in [0.4, 0.5) is 0 Å². The van der Waals surface area contributed by atoms with Crippen LogP contribution in [0.2, 0.25) is 5.02 Å². The summed E-state index contributed by atoms with van der Waals surface area (Å²) in [4.78, 5) is 22.9. The number of hydrogen-bond donors (Lipinski definition) is 3. The molecule has 1 aromatic carbocycles. The van der Waals surface area contributed by atoms with E-state index in [0.717, 1.165) is 0 Å². The Labute approximate surface area is 121 Å². The number of carboxylic acids is 1. The molecule has 2 rings (SSSR count). The lowest BCUT2D eigenvalue weighted by Gasteiger charge is -2.26. The SMILES string of the molecule is O=C(NC1CCC(C(=O)O)CC1)c1cc(O)ccc1Cl. The third-order valence-corrected chi connectivity index (χ3v) is 3.94. The first-order chi connectivity index (χ1) is 9.47. The maximum Gasteiger partial charge on any atom is 0.306 e. The maximum atomic E-state index is 12.1. The number of phenolic OH excluding ortho intramolecular Hbond substituents is 1. The van der Waals surface area contributed by atoms with Gasteiger partial charge in [0, 0.05) is 6.04 Å². The summed E-state index contributed by atoms with van der Waals surface area (Å²) < 4.78 is 0. The molecule has 0 aromatic heterocycles. The van der Waals surface area contributed by atoms with Crippen molar-refractivity contribution < 1.29 is 19.8 Å². The monoisotopic (exact) mass is 297 g/mol. The number of carboxylic acid groups (broad SMARTS) is 1. The average Bonchev–Trinajstić information content (AvgIpc) is 2.42. The normalized spacial score (nSPS) is 22.2. The van der Waals surface area contributed by atoms with E-state index in [1.165, 1.54) is 18.2 Å². The summed E-state index contributed by atoms with van der Waals surface area (Å²) in [5, 5.41) is 21.4. The molecule has 5 nitrogen and oxygen atoms in total. The molecule has 0 unspecified atom stereocenters. The molecule has 1 amide bonds. The van der Waals surface area contributed by atoms with Gasteiger partial charge in [-0.25, -0.2) is 0 Å². The number of benzene rings is 1. The predicted octanol–water partition coefficient (Wildman–Crippen LogP) is 2.42. The highest BCUT2D eigenvalue weighted by Crippen LogP contribution is 2.26. The van der Waals surface area contributed by atoms with Crippen molar-refractivity contribution in [3.63, 3.8) is 0 Å². The summed E-state index contributed by atoms with van der Waals surface area (Å²) in [5.41, 5.74) is 0.229. The highest BCUT2D eigenvalue weighted by Gasteiger charge is 2.27. The molecule has 3 N–H and O–H groups in total. The lowest BCUT2D eigenvalue weighted by atomic mass is 9.86. The maximum absolute atomic E-state index is 12.1. The summed E-state index contributed by atoms with van der Waals surface area (Å²) in [5.74, 6) is -1.45. The highest BCUT2D eigenvalue weighted by atomic mass is 35.5. The molecule has 0 radical (unpaired) electrons. The van der Waals surface area contributed by atoms with E-state index >= 15 is 0 Å². The molecule has 6 heteroatoms. The van der Waals surface area contributed by atoms with Crippen molar-refractivity contribution in [2.45, 2.75) is 31.7 Å². The number of carbonyl (C=O) groups is 2. The van der Waals surface area contributed by atoms with Crippen LogP contribution >= 0.6 is 11.6 Å². The Morgan fingerprint density at radius 1 is 1.20 bits per heavy atom. The Bertz CT molecular complexity index is 524. The van der Waals surface area contributed by atoms with Gasteiger partial charge in [-0.15, -0.1) is 0 Å². The zero-order valence-corrected chi connectivity index (χ0v) is 11.6. The minimum Gasteiger partial charge on any atom is -0.508 e. The van der Waals surface area contributed by atoms with Crippen molar-refractivity contribution in [1.29, 1.82) is 0 Å². The van der Waals surface area contributed by atoms with Crippen LogP contribution in [0.3, 0.4) is 0 Å². The second-order valence-electron chi connectivity index (χ2n) is 5.02. The van der Waals surface area contributed by atoms with E-state index in [-0.39, 0.29) is 34.2 Å². The minimum atomic E-state index is -0.772. The molecule has 0 spiro atoms. The first kappa shape index (κ1) is 14.7. The number of phenols is 1. The molecule has 108 valence electrons. The number of halogens is 1. The van der Waals surface area contributed by atoms with E-state index < -0.39 is 5.97 Å². The molecule has 0 saturated heterocycles. The molecule has 1 fully saturated rings. The number of aliphatic carboxylic acids is 1. The highest BCUT2D eigenvalue weighted by molar-refractivity contribution is 6.33. The fourth-order valence-electron chi connectivity index (χ4n) is 2.44. The fourth-order valence-corrected chi connectivity index (χ4v) is 2.64. The van der Waals surface area contributed by atoms with Crippen LogP contribution in [0.25, 0.3) is 0 Å². The Kier molecular flexibility index (Phi) is 4.49. The third kappa shape index (κ3) is 3.42. The number of nitrogens with one attached hydrogen (secondary N) is 1. The molecule has 0 bridgehead atoms. The van der Waals surface area contributed by atoms with Crippen molar-refractivity contribution in [3.8, 4) is 5.75 Å². The van der Waals surface area contributed by atoms with Gasteiger partial charge in [-0.2, -0.15) is 0 Å². The smallest absolute Gasteiger partial charge is 0.306 e. The Morgan fingerprint density at radius 3 is 2.45 bits per heavy atom. The number of aromatic hydroxyl groups is 1. The number of hydrogen-bond acceptors (Lipinski definition) is 3. The van der Waals surface area contributed by atoms with Crippen molar-refractivity contribution in [3.05, 3.63) is 28.8 Å². The average molecular weight is 298 g/mol. The molecule has 0 atom stereocenters. The van der Waals surface area contributed by atoms with Crippen molar-refractivity contribution in [2.24, 2.45) is 5.92 Å². The van der Waals surface area contributed by atoms with Crippen LogP contribution in [0.5, 0.6) is 5.75 Å². The molecular weight excluding hydrogens is 282 g/mol. The summed E-state index contributed by atoms with van der Waals surface area (Å²) in [6, 6.07) is 4.15. The van der Waals surface area contributed by atoms with Gasteiger partial charge in [-0.1, -0.05) is 11.6 Å². The first-order valence-corrected chi connectivity index (χ1v) is 6.87. The van der Waals surface area contributed by atoms with Gasteiger partial charge in [0.2, 0.25) is 0 Å². The van der Waals surface area contributed by atoms with E-state index in [1.54, 1.807) is 0 Å². The molecule has 1 saturated carbocycles. The van der Waals surface area contributed by atoms with Gasteiger partial charge in [0.15, 0.2) is 0 Å². The summed E-state index contributed by atoms with van der Waals surface area (Å²) >= 11 is 5.92. The number of rotatable bonds is 3. The van der Waals surface area contributed by atoms with Crippen LogP contribution in [0.15, 0.2) is 18.2 Å². The molecule has 20 heavy (non-hydrogen) atoms. The fraction of sp³-hybridized carbons (Fsp3) is 0.429. The van der Waals surface area contributed by atoms with Crippen molar-refractivity contribution in [2.75, 3.05) is 0 Å². The van der Waals surface area contributed by atoms with Crippen LogP contribution in [-0.2, 0) is 4.79 Å². The lowest BCUT2D eigenvalue weighted by molar-refractivity contribution is -0.142. The summed E-state index contributed by atoms with van der Waals surface area (Å²) in [6.45, 7) is 0. The quantitative estimate of drug-likeness (QED) is 0.799. The largest absolute Gasteiger partial charge is 0.508 e. The predicted molar refractivity (Wildman–Crippen MR) is 74.0 cm³/mol. The van der Waals surface area contributed by atoms with Gasteiger partial charge >= 0.3 is 5.97 Å². The second kappa shape index (κ2) is 6.13. The Balaban J connectivity index is 1.96. The molecule has 1 aliphatic carbocycles. The van der Waals surface area contributed by atoms with Gasteiger partial charge in [0.25, 0.3) is 5.91 Å². The second-order valence-corrected chi connectivity index (χ2v) is 5.43. The van der Waals surface area contributed by atoms with Crippen LogP contribution in [0.1, 0.15) is 36.0 Å². The number of carbonyl (C=O) groups excluding carboxylic acids is 1. The van der Waals surface area contributed by atoms with Crippen molar-refractivity contribution in [1.82, 2.24) is 5.32 Å².